The Morgan fingerprint density at radius 3 is 2.71 bits per heavy atom. The molecule has 0 fully saturated rings. The number of H-pyrrole nitrogens is 2. The van der Waals surface area contributed by atoms with Gasteiger partial charge in [-0.25, -0.2) is 0 Å². The van der Waals surface area contributed by atoms with E-state index in [1.165, 1.54) is 6.07 Å². The number of hydrogen-bond donors (Lipinski definition) is 2. The highest BCUT2D eigenvalue weighted by Gasteiger charge is 2.18. The zero-order valence-electron chi connectivity index (χ0n) is 15.3. The first-order chi connectivity index (χ1) is 13.4. The number of fused-ring (bicyclic) bond motifs is 1. The first-order valence-electron chi connectivity index (χ1n) is 8.43. The summed E-state index contributed by atoms with van der Waals surface area (Å²) < 4.78 is 5.09. The normalized spacial score (nSPS) is 10.6. The van der Waals surface area contributed by atoms with Gasteiger partial charge in [0.1, 0.15) is 6.07 Å². The highest BCUT2D eigenvalue weighted by Crippen LogP contribution is 2.23. The van der Waals surface area contributed by atoms with Gasteiger partial charge in [-0.2, -0.15) is 5.26 Å². The van der Waals surface area contributed by atoms with Crippen LogP contribution in [0.15, 0.2) is 40.2 Å². The second-order valence-electron chi connectivity index (χ2n) is 6.18. The molecule has 1 aromatic carbocycles. The molecule has 0 spiro atoms. The van der Waals surface area contributed by atoms with Gasteiger partial charge in [-0.05, 0) is 25.5 Å². The number of Topliss-reactive ketones (excluding diaryl/α,β-unsaturated/α-hetero) is 1. The highest BCUT2D eigenvalue weighted by molar-refractivity contribution is 7.99. The van der Waals surface area contributed by atoms with E-state index in [1.807, 2.05) is 30.3 Å². The fourth-order valence-electron chi connectivity index (χ4n) is 2.93. The van der Waals surface area contributed by atoms with Crippen molar-refractivity contribution in [2.75, 3.05) is 12.4 Å². The first-order valence-corrected chi connectivity index (χ1v) is 9.42. The van der Waals surface area contributed by atoms with Gasteiger partial charge in [0.15, 0.2) is 6.61 Å². The number of benzene rings is 1. The van der Waals surface area contributed by atoms with Gasteiger partial charge in [-0.1, -0.05) is 30.0 Å². The molecule has 0 aliphatic rings. The lowest BCUT2D eigenvalue weighted by atomic mass is 10.1. The third-order valence-electron chi connectivity index (χ3n) is 4.19. The summed E-state index contributed by atoms with van der Waals surface area (Å²) in [7, 11) is 0. The minimum absolute atomic E-state index is 0.131. The number of nitriles is 1. The van der Waals surface area contributed by atoms with Crippen LogP contribution in [0.25, 0.3) is 10.9 Å². The summed E-state index contributed by atoms with van der Waals surface area (Å²) in [6, 6.07) is 10.7. The number of aromatic nitrogens is 2. The average Bonchev–Trinajstić information content (AvgIpc) is 2.99. The molecule has 2 N–H and O–H groups in total. The van der Waals surface area contributed by atoms with Gasteiger partial charge in [0, 0.05) is 28.2 Å². The van der Waals surface area contributed by atoms with Crippen molar-refractivity contribution in [2.24, 2.45) is 0 Å². The molecule has 0 saturated heterocycles. The van der Waals surface area contributed by atoms with E-state index in [-0.39, 0.29) is 23.7 Å². The van der Waals surface area contributed by atoms with Crippen LogP contribution in [0.4, 0.5) is 0 Å². The average molecular weight is 395 g/mol. The van der Waals surface area contributed by atoms with Gasteiger partial charge in [0.25, 0.3) is 0 Å². The van der Waals surface area contributed by atoms with E-state index in [0.29, 0.717) is 27.4 Å². The molecule has 0 unspecified atom stereocenters. The molecule has 7 nitrogen and oxygen atoms in total. The fraction of sp³-hybridized carbons (Fsp3) is 0.200. The van der Waals surface area contributed by atoms with Crippen LogP contribution in [0.1, 0.15) is 27.2 Å². The Balaban J connectivity index is 1.64. The molecular formula is C20H17N3O4S. The number of thioether (sulfide) groups is 1. The molecule has 0 amide bonds. The third kappa shape index (κ3) is 4.00. The number of hydrogen-bond acceptors (Lipinski definition) is 6. The number of rotatable bonds is 6. The summed E-state index contributed by atoms with van der Waals surface area (Å²) in [5.74, 6) is -1.04. The van der Waals surface area contributed by atoms with E-state index in [9.17, 15) is 19.6 Å². The summed E-state index contributed by atoms with van der Waals surface area (Å²) in [6.45, 7) is 3.07. The van der Waals surface area contributed by atoms with E-state index >= 15 is 0 Å². The number of carbonyl (C=O) groups is 2. The van der Waals surface area contributed by atoms with Crippen LogP contribution in [-0.2, 0) is 9.53 Å². The van der Waals surface area contributed by atoms with E-state index < -0.39 is 5.97 Å². The number of nitrogens with zero attached hydrogens (tertiary/aromatic N) is 1. The van der Waals surface area contributed by atoms with Gasteiger partial charge < -0.3 is 14.7 Å². The van der Waals surface area contributed by atoms with Gasteiger partial charge in [0.05, 0.1) is 16.3 Å². The molecule has 3 aromatic rings. The zero-order chi connectivity index (χ0) is 20.3. The second-order valence-corrected chi connectivity index (χ2v) is 7.16. The van der Waals surface area contributed by atoms with Gasteiger partial charge in [-0.3, -0.25) is 14.4 Å². The fourth-order valence-corrected chi connectivity index (χ4v) is 3.80. The van der Waals surface area contributed by atoms with Crippen molar-refractivity contribution in [2.45, 2.75) is 18.9 Å². The van der Waals surface area contributed by atoms with Crippen LogP contribution in [-0.4, -0.2) is 34.1 Å². The summed E-state index contributed by atoms with van der Waals surface area (Å²) >= 11 is 0.993. The third-order valence-corrected chi connectivity index (χ3v) is 5.16. The number of pyridine rings is 1. The first kappa shape index (κ1) is 19.5. The van der Waals surface area contributed by atoms with Crippen molar-refractivity contribution in [3.63, 3.8) is 0 Å². The number of ether oxygens (including phenoxy) is 1. The SMILES string of the molecule is Cc1cc(=O)[nH]c(SCC(=O)OCC(=O)c2c(C)[nH]c3ccccc23)c1C#N. The van der Waals surface area contributed by atoms with Crippen LogP contribution < -0.4 is 5.56 Å². The summed E-state index contributed by atoms with van der Waals surface area (Å²) in [5.41, 5.74) is 2.56. The highest BCUT2D eigenvalue weighted by atomic mass is 32.2. The number of nitrogens with one attached hydrogen (secondary N) is 2. The van der Waals surface area contributed by atoms with Crippen molar-refractivity contribution in [1.82, 2.24) is 9.97 Å². The molecule has 3 rings (SSSR count). The minimum atomic E-state index is -0.609. The lowest BCUT2D eigenvalue weighted by molar-refractivity contribution is -0.139. The van der Waals surface area contributed by atoms with E-state index in [1.54, 1.807) is 13.8 Å². The summed E-state index contributed by atoms with van der Waals surface area (Å²) in [4.78, 5) is 41.8. The molecule has 0 aliphatic heterocycles. The largest absolute Gasteiger partial charge is 0.457 e. The maximum Gasteiger partial charge on any atom is 0.316 e. The van der Waals surface area contributed by atoms with E-state index in [2.05, 4.69) is 9.97 Å². The van der Waals surface area contributed by atoms with Crippen molar-refractivity contribution >= 4 is 34.4 Å². The second kappa shape index (κ2) is 8.15. The zero-order valence-corrected chi connectivity index (χ0v) is 16.1. The number of ketones is 1. The molecule has 0 radical (unpaired) electrons. The molecule has 0 bridgehead atoms. The summed E-state index contributed by atoms with van der Waals surface area (Å²) in [5, 5.41) is 10.3. The predicted octanol–water partition coefficient (Wildman–Crippen LogP) is 2.86. The Morgan fingerprint density at radius 2 is 1.96 bits per heavy atom. The molecule has 28 heavy (non-hydrogen) atoms. The van der Waals surface area contributed by atoms with Crippen molar-refractivity contribution in [1.29, 1.82) is 5.26 Å². The monoisotopic (exact) mass is 395 g/mol. The molecule has 2 heterocycles. The Hall–Kier alpha value is -3.31. The van der Waals surface area contributed by atoms with Crippen LogP contribution in [0.5, 0.6) is 0 Å². The van der Waals surface area contributed by atoms with Crippen LogP contribution >= 0.6 is 11.8 Å². The number of esters is 1. The Kier molecular flexibility index (Phi) is 5.66. The minimum Gasteiger partial charge on any atom is -0.457 e. The standard InChI is InChI=1S/C20H17N3O4S/c1-11-7-17(25)23-20(14(11)8-21)28-10-18(26)27-9-16(24)19-12(2)22-15-6-4-3-5-13(15)19/h3-7,22H,9-10H2,1-2H3,(H,23,25). The van der Waals surface area contributed by atoms with Gasteiger partial charge in [-0.15, -0.1) is 0 Å². The molecule has 0 saturated carbocycles. The van der Waals surface area contributed by atoms with E-state index in [0.717, 1.165) is 22.7 Å². The lowest BCUT2D eigenvalue weighted by Gasteiger charge is -2.07. The van der Waals surface area contributed by atoms with Crippen LogP contribution in [0, 0.1) is 25.2 Å². The molecule has 0 aliphatic carbocycles. The van der Waals surface area contributed by atoms with Crippen molar-refractivity contribution in [3.8, 4) is 6.07 Å². The number of carbonyl (C=O) groups excluding carboxylic acids is 2. The Labute approximate surface area is 164 Å². The number of aromatic amines is 2. The quantitative estimate of drug-likeness (QED) is 0.377. The van der Waals surface area contributed by atoms with Gasteiger partial charge in [0.2, 0.25) is 11.3 Å². The number of aryl methyl sites for hydroxylation is 2. The molecule has 8 heteroatoms. The molecule has 2 aromatic heterocycles. The van der Waals surface area contributed by atoms with Crippen molar-refractivity contribution in [3.05, 3.63) is 63.1 Å². The number of para-hydroxylation sites is 1. The molecular weight excluding hydrogens is 378 g/mol. The predicted molar refractivity (Wildman–Crippen MR) is 106 cm³/mol. The summed E-state index contributed by atoms with van der Waals surface area (Å²) in [6.07, 6.45) is 0. The Bertz CT molecular complexity index is 1170. The maximum absolute atomic E-state index is 12.5. The van der Waals surface area contributed by atoms with Gasteiger partial charge >= 0.3 is 5.97 Å². The maximum atomic E-state index is 12.5. The molecule has 142 valence electrons. The van der Waals surface area contributed by atoms with Crippen LogP contribution in [0.3, 0.4) is 0 Å². The Morgan fingerprint density at radius 1 is 1.21 bits per heavy atom. The molecule has 0 atom stereocenters. The smallest absolute Gasteiger partial charge is 0.316 e. The lowest BCUT2D eigenvalue weighted by Crippen LogP contribution is -2.16. The van der Waals surface area contributed by atoms with Crippen LogP contribution in [0.2, 0.25) is 0 Å². The van der Waals surface area contributed by atoms with E-state index in [4.69, 9.17) is 4.74 Å². The topological polar surface area (TPSA) is 116 Å². The van der Waals surface area contributed by atoms with Crippen molar-refractivity contribution < 1.29 is 14.3 Å².